The van der Waals surface area contributed by atoms with Crippen LogP contribution < -0.4 is 0 Å². The number of hydrogen-bond donors (Lipinski definition) is 1. The van der Waals surface area contributed by atoms with E-state index in [-0.39, 0.29) is 29.3 Å². The van der Waals surface area contributed by atoms with Gasteiger partial charge in [-0.15, -0.1) is 0 Å². The number of aliphatic hydroxyl groups is 1. The Hall–Kier alpha value is -0.160. The molecule has 0 aromatic heterocycles. The van der Waals surface area contributed by atoms with Gasteiger partial charge in [-0.3, -0.25) is 0 Å². The molecule has 3 rings (SSSR count). The Balaban J connectivity index is 1.72. The quantitative estimate of drug-likeness (QED) is 0.810. The Bertz CT molecular complexity index is 398. The molecule has 4 heteroatoms. The molecule has 122 valence electrons. The Morgan fingerprint density at radius 1 is 1.33 bits per heavy atom. The SMILES string of the molecule is COC1C(O)CCC2(CO2)C1C1(C)OC1CCC(C)(C)C. The molecule has 3 fully saturated rings. The Kier molecular flexibility index (Phi) is 3.68. The van der Waals surface area contributed by atoms with E-state index in [1.54, 1.807) is 7.11 Å². The third-order valence-corrected chi connectivity index (χ3v) is 5.68. The van der Waals surface area contributed by atoms with E-state index >= 15 is 0 Å². The molecule has 0 aromatic carbocycles. The van der Waals surface area contributed by atoms with Crippen LogP contribution in [0.15, 0.2) is 0 Å². The molecule has 2 saturated heterocycles. The van der Waals surface area contributed by atoms with Crippen molar-refractivity contribution in [3.8, 4) is 0 Å². The molecule has 1 spiro atoms. The summed E-state index contributed by atoms with van der Waals surface area (Å²) >= 11 is 0. The van der Waals surface area contributed by atoms with E-state index in [0.29, 0.717) is 5.41 Å². The number of aliphatic hydroxyl groups excluding tert-OH is 1. The van der Waals surface area contributed by atoms with Gasteiger partial charge in [-0.05, 0) is 38.0 Å². The van der Waals surface area contributed by atoms with Crippen LogP contribution in [0.2, 0.25) is 0 Å². The van der Waals surface area contributed by atoms with Crippen molar-refractivity contribution in [2.24, 2.45) is 11.3 Å². The summed E-state index contributed by atoms with van der Waals surface area (Å²) in [7, 11) is 1.69. The predicted octanol–water partition coefficient (Wildman–Crippen LogP) is 2.53. The summed E-state index contributed by atoms with van der Waals surface area (Å²) in [6, 6.07) is 0. The Morgan fingerprint density at radius 2 is 2.00 bits per heavy atom. The van der Waals surface area contributed by atoms with Crippen LogP contribution in [0.1, 0.15) is 53.4 Å². The third kappa shape index (κ3) is 2.76. The minimum absolute atomic E-state index is 0.106. The first kappa shape index (κ1) is 15.7. The molecule has 4 nitrogen and oxygen atoms in total. The second kappa shape index (κ2) is 4.92. The van der Waals surface area contributed by atoms with Crippen LogP contribution in [0.3, 0.4) is 0 Å². The van der Waals surface area contributed by atoms with Gasteiger partial charge in [0.25, 0.3) is 0 Å². The van der Waals surface area contributed by atoms with Gasteiger partial charge >= 0.3 is 0 Å². The van der Waals surface area contributed by atoms with Crippen LogP contribution in [0.25, 0.3) is 0 Å². The molecule has 0 aromatic rings. The molecule has 2 heterocycles. The highest BCUT2D eigenvalue weighted by Crippen LogP contribution is 2.59. The molecule has 1 N–H and O–H groups in total. The van der Waals surface area contributed by atoms with E-state index < -0.39 is 6.10 Å². The van der Waals surface area contributed by atoms with E-state index in [4.69, 9.17) is 14.2 Å². The first-order valence-corrected chi connectivity index (χ1v) is 8.24. The van der Waals surface area contributed by atoms with Gasteiger partial charge in [0.05, 0.1) is 36.4 Å². The first-order chi connectivity index (χ1) is 9.72. The largest absolute Gasteiger partial charge is 0.390 e. The maximum Gasteiger partial charge on any atom is 0.100 e. The van der Waals surface area contributed by atoms with Gasteiger partial charge in [0.1, 0.15) is 5.60 Å². The highest BCUT2D eigenvalue weighted by molar-refractivity contribution is 5.19. The maximum atomic E-state index is 10.3. The zero-order valence-corrected chi connectivity index (χ0v) is 14.0. The molecular weight excluding hydrogens is 268 g/mol. The normalized spacial score (nSPS) is 49.4. The number of epoxide rings is 2. The second-order valence-electron chi connectivity index (χ2n) is 8.53. The van der Waals surface area contributed by atoms with Crippen molar-refractivity contribution in [2.45, 2.75) is 82.9 Å². The Morgan fingerprint density at radius 3 is 2.52 bits per heavy atom. The average molecular weight is 298 g/mol. The molecule has 6 unspecified atom stereocenters. The molecular formula is C17H30O4. The summed E-state index contributed by atoms with van der Waals surface area (Å²) < 4.78 is 17.6. The molecule has 2 aliphatic heterocycles. The highest BCUT2D eigenvalue weighted by atomic mass is 16.6. The van der Waals surface area contributed by atoms with E-state index in [2.05, 4.69) is 27.7 Å². The maximum absolute atomic E-state index is 10.3. The number of hydrogen-bond acceptors (Lipinski definition) is 4. The summed E-state index contributed by atoms with van der Waals surface area (Å²) in [6.45, 7) is 9.76. The fraction of sp³-hybridized carbons (Fsp3) is 1.00. The smallest absolute Gasteiger partial charge is 0.100 e. The molecule has 0 radical (unpaired) electrons. The molecule has 0 bridgehead atoms. The topological polar surface area (TPSA) is 54.5 Å². The van der Waals surface area contributed by atoms with Gasteiger partial charge in [0.15, 0.2) is 0 Å². The standard InChI is InChI=1S/C17H30O4/c1-15(2,3)8-7-12-16(4,21-12)14-13(19-5)11(18)6-9-17(14)10-20-17/h11-14,18H,6-10H2,1-5H3. The van der Waals surface area contributed by atoms with Crippen molar-refractivity contribution in [2.75, 3.05) is 13.7 Å². The van der Waals surface area contributed by atoms with Crippen LogP contribution in [0, 0.1) is 11.3 Å². The predicted molar refractivity (Wildman–Crippen MR) is 80.2 cm³/mol. The monoisotopic (exact) mass is 298 g/mol. The lowest BCUT2D eigenvalue weighted by molar-refractivity contribution is -0.116. The molecule has 1 saturated carbocycles. The van der Waals surface area contributed by atoms with Gasteiger partial charge in [0, 0.05) is 7.11 Å². The summed E-state index contributed by atoms with van der Waals surface area (Å²) in [5.41, 5.74) is 0.0162. The van der Waals surface area contributed by atoms with E-state index in [9.17, 15) is 5.11 Å². The van der Waals surface area contributed by atoms with Crippen molar-refractivity contribution < 1.29 is 19.3 Å². The van der Waals surface area contributed by atoms with Gasteiger partial charge < -0.3 is 19.3 Å². The van der Waals surface area contributed by atoms with Crippen LogP contribution in [0.4, 0.5) is 0 Å². The minimum Gasteiger partial charge on any atom is -0.390 e. The fourth-order valence-corrected chi connectivity index (χ4v) is 4.25. The molecule has 3 aliphatic rings. The summed E-state index contributed by atoms with van der Waals surface area (Å²) in [5, 5.41) is 10.3. The average Bonchev–Trinajstić information content (AvgIpc) is 3.28. The van der Waals surface area contributed by atoms with Crippen molar-refractivity contribution in [3.63, 3.8) is 0 Å². The van der Waals surface area contributed by atoms with Crippen LogP contribution in [-0.4, -0.2) is 48.3 Å². The van der Waals surface area contributed by atoms with Crippen molar-refractivity contribution in [1.29, 1.82) is 0 Å². The minimum atomic E-state index is -0.404. The van der Waals surface area contributed by atoms with Crippen molar-refractivity contribution in [1.82, 2.24) is 0 Å². The second-order valence-corrected chi connectivity index (χ2v) is 8.53. The summed E-state index contributed by atoms with van der Waals surface area (Å²) in [4.78, 5) is 0. The molecule has 6 atom stereocenters. The van der Waals surface area contributed by atoms with Crippen molar-refractivity contribution in [3.05, 3.63) is 0 Å². The first-order valence-electron chi connectivity index (χ1n) is 8.24. The van der Waals surface area contributed by atoms with Crippen LogP contribution >= 0.6 is 0 Å². The van der Waals surface area contributed by atoms with Crippen molar-refractivity contribution >= 4 is 0 Å². The van der Waals surface area contributed by atoms with Gasteiger partial charge in [0.2, 0.25) is 0 Å². The van der Waals surface area contributed by atoms with E-state index in [1.165, 1.54) is 0 Å². The lowest BCUT2D eigenvalue weighted by Crippen LogP contribution is -2.54. The number of rotatable bonds is 4. The van der Waals surface area contributed by atoms with Crippen LogP contribution in [-0.2, 0) is 14.2 Å². The van der Waals surface area contributed by atoms with Crippen LogP contribution in [0.5, 0.6) is 0 Å². The van der Waals surface area contributed by atoms with Gasteiger partial charge in [-0.1, -0.05) is 20.8 Å². The number of methoxy groups -OCH3 is 1. The Labute approximate surface area is 128 Å². The zero-order valence-electron chi connectivity index (χ0n) is 14.0. The summed E-state index contributed by atoms with van der Waals surface area (Å²) in [6.07, 6.45) is 3.59. The number of ether oxygens (including phenoxy) is 3. The molecule has 0 amide bonds. The van der Waals surface area contributed by atoms with E-state index in [1.807, 2.05) is 0 Å². The lowest BCUT2D eigenvalue weighted by atomic mass is 9.68. The van der Waals surface area contributed by atoms with Gasteiger partial charge in [-0.25, -0.2) is 0 Å². The molecule has 1 aliphatic carbocycles. The summed E-state index contributed by atoms with van der Waals surface area (Å²) in [5.74, 6) is 0.142. The van der Waals surface area contributed by atoms with Gasteiger partial charge in [-0.2, -0.15) is 0 Å². The fourth-order valence-electron chi connectivity index (χ4n) is 4.25. The third-order valence-electron chi connectivity index (χ3n) is 5.68. The zero-order chi connectivity index (χ0) is 15.5. The van der Waals surface area contributed by atoms with E-state index in [0.717, 1.165) is 32.3 Å². The molecule has 21 heavy (non-hydrogen) atoms. The highest BCUT2D eigenvalue weighted by Gasteiger charge is 2.71. The lowest BCUT2D eigenvalue weighted by Gasteiger charge is -2.41.